The highest BCUT2D eigenvalue weighted by molar-refractivity contribution is 5.80. The summed E-state index contributed by atoms with van der Waals surface area (Å²) in [4.78, 5) is 11.7. The molecule has 0 bridgehead atoms. The molecule has 1 amide bonds. The Bertz CT molecular complexity index is 590. The maximum Gasteiger partial charge on any atom is 0.261 e. The van der Waals surface area contributed by atoms with Crippen molar-refractivity contribution in [1.29, 1.82) is 0 Å². The van der Waals surface area contributed by atoms with Crippen molar-refractivity contribution in [3.05, 3.63) is 67.3 Å². The fourth-order valence-electron chi connectivity index (χ4n) is 1.93. The lowest BCUT2D eigenvalue weighted by atomic mass is 10.1. The van der Waals surface area contributed by atoms with Crippen LogP contribution in [0.15, 0.2) is 67.3 Å². The minimum absolute atomic E-state index is 0.151. The molecule has 0 aromatic heterocycles. The standard InChI is InChI=1S/C18H19NO2/c1-3-13-19-18(20)14(2)21-17-11-9-16(10-12-17)15-7-5-4-6-8-15/h3-12,14H,1,13H2,2H3,(H,19,20)/t14-/m1/s1. The molecule has 0 aliphatic rings. The lowest BCUT2D eigenvalue weighted by Gasteiger charge is -2.14. The Kier molecular flexibility index (Phi) is 5.16. The van der Waals surface area contributed by atoms with Crippen LogP contribution in [0.5, 0.6) is 5.75 Å². The third kappa shape index (κ3) is 4.21. The molecule has 2 rings (SSSR count). The molecule has 0 aliphatic carbocycles. The van der Waals surface area contributed by atoms with Gasteiger partial charge in [0.05, 0.1) is 0 Å². The second-order valence-electron chi connectivity index (χ2n) is 4.68. The van der Waals surface area contributed by atoms with Crippen molar-refractivity contribution in [3.63, 3.8) is 0 Å². The van der Waals surface area contributed by atoms with Crippen LogP contribution in [0.2, 0.25) is 0 Å². The van der Waals surface area contributed by atoms with Gasteiger partial charge in [0.1, 0.15) is 5.75 Å². The van der Waals surface area contributed by atoms with E-state index in [0.717, 1.165) is 11.1 Å². The molecule has 108 valence electrons. The Morgan fingerprint density at radius 3 is 2.38 bits per heavy atom. The van der Waals surface area contributed by atoms with Crippen molar-refractivity contribution in [2.45, 2.75) is 13.0 Å². The number of nitrogens with one attached hydrogen (secondary N) is 1. The fraction of sp³-hybridized carbons (Fsp3) is 0.167. The maximum absolute atomic E-state index is 11.7. The van der Waals surface area contributed by atoms with Crippen molar-refractivity contribution < 1.29 is 9.53 Å². The topological polar surface area (TPSA) is 38.3 Å². The van der Waals surface area contributed by atoms with Crippen LogP contribution in [0.4, 0.5) is 0 Å². The van der Waals surface area contributed by atoms with Gasteiger partial charge in [0.25, 0.3) is 5.91 Å². The minimum atomic E-state index is -0.535. The van der Waals surface area contributed by atoms with E-state index in [0.29, 0.717) is 12.3 Å². The van der Waals surface area contributed by atoms with Gasteiger partial charge in [-0.1, -0.05) is 48.5 Å². The molecule has 3 nitrogen and oxygen atoms in total. The zero-order valence-electron chi connectivity index (χ0n) is 12.1. The van der Waals surface area contributed by atoms with Gasteiger partial charge in [-0.2, -0.15) is 0 Å². The summed E-state index contributed by atoms with van der Waals surface area (Å²) in [6.07, 6.45) is 1.10. The lowest BCUT2D eigenvalue weighted by Crippen LogP contribution is -2.36. The minimum Gasteiger partial charge on any atom is -0.481 e. The highest BCUT2D eigenvalue weighted by Gasteiger charge is 2.13. The molecule has 0 fully saturated rings. The van der Waals surface area contributed by atoms with Crippen LogP contribution < -0.4 is 10.1 Å². The molecule has 0 unspecified atom stereocenters. The first-order chi connectivity index (χ1) is 10.2. The second-order valence-corrected chi connectivity index (χ2v) is 4.68. The van der Waals surface area contributed by atoms with Gasteiger partial charge < -0.3 is 10.1 Å². The smallest absolute Gasteiger partial charge is 0.261 e. The van der Waals surface area contributed by atoms with E-state index in [2.05, 4.69) is 24.0 Å². The monoisotopic (exact) mass is 281 g/mol. The van der Waals surface area contributed by atoms with Crippen LogP contribution in [-0.2, 0) is 4.79 Å². The predicted molar refractivity (Wildman–Crippen MR) is 85.2 cm³/mol. The third-order valence-electron chi connectivity index (χ3n) is 3.06. The van der Waals surface area contributed by atoms with Crippen LogP contribution in [0.3, 0.4) is 0 Å². The summed E-state index contributed by atoms with van der Waals surface area (Å²) in [5.41, 5.74) is 2.27. The van der Waals surface area contributed by atoms with Crippen molar-refractivity contribution >= 4 is 5.91 Å². The van der Waals surface area contributed by atoms with Crippen molar-refractivity contribution in [2.75, 3.05) is 6.54 Å². The van der Waals surface area contributed by atoms with Gasteiger partial charge >= 0.3 is 0 Å². The molecule has 0 radical (unpaired) electrons. The Morgan fingerprint density at radius 2 is 1.76 bits per heavy atom. The average molecular weight is 281 g/mol. The lowest BCUT2D eigenvalue weighted by molar-refractivity contribution is -0.127. The molecule has 0 heterocycles. The Balaban J connectivity index is 1.99. The van der Waals surface area contributed by atoms with E-state index in [-0.39, 0.29) is 5.91 Å². The predicted octanol–water partition coefficient (Wildman–Crippen LogP) is 3.42. The molecule has 0 aliphatic heterocycles. The Labute approximate surface area is 125 Å². The maximum atomic E-state index is 11.7. The Morgan fingerprint density at radius 1 is 1.14 bits per heavy atom. The first-order valence-electron chi connectivity index (χ1n) is 6.91. The summed E-state index contributed by atoms with van der Waals surface area (Å²) in [7, 11) is 0. The molecule has 1 N–H and O–H groups in total. The number of amides is 1. The molecule has 21 heavy (non-hydrogen) atoms. The summed E-state index contributed by atoms with van der Waals surface area (Å²) in [6.45, 7) is 5.73. The average Bonchev–Trinajstić information content (AvgIpc) is 2.54. The number of hydrogen-bond donors (Lipinski definition) is 1. The number of benzene rings is 2. The molecule has 0 saturated carbocycles. The first-order valence-corrected chi connectivity index (χ1v) is 6.91. The fourth-order valence-corrected chi connectivity index (χ4v) is 1.93. The van der Waals surface area contributed by atoms with E-state index < -0.39 is 6.10 Å². The van der Waals surface area contributed by atoms with Crippen molar-refractivity contribution in [2.24, 2.45) is 0 Å². The molecule has 0 spiro atoms. The van der Waals surface area contributed by atoms with Gasteiger partial charge in [0.15, 0.2) is 6.10 Å². The number of ether oxygens (including phenoxy) is 1. The molecule has 1 atom stereocenters. The third-order valence-corrected chi connectivity index (χ3v) is 3.06. The number of carbonyl (C=O) groups excluding carboxylic acids is 1. The highest BCUT2D eigenvalue weighted by Crippen LogP contribution is 2.22. The van der Waals surface area contributed by atoms with Crippen LogP contribution in [0.25, 0.3) is 11.1 Å². The van der Waals surface area contributed by atoms with Crippen molar-refractivity contribution in [3.8, 4) is 16.9 Å². The number of rotatable bonds is 6. The van der Waals surface area contributed by atoms with Gasteiger partial charge in [0, 0.05) is 6.54 Å². The zero-order valence-corrected chi connectivity index (χ0v) is 12.1. The van der Waals surface area contributed by atoms with E-state index in [4.69, 9.17) is 4.74 Å². The van der Waals surface area contributed by atoms with E-state index in [1.54, 1.807) is 13.0 Å². The van der Waals surface area contributed by atoms with Crippen LogP contribution >= 0.6 is 0 Å². The van der Waals surface area contributed by atoms with Crippen molar-refractivity contribution in [1.82, 2.24) is 5.32 Å². The largest absolute Gasteiger partial charge is 0.481 e. The molecule has 3 heteroatoms. The highest BCUT2D eigenvalue weighted by atomic mass is 16.5. The van der Waals surface area contributed by atoms with Gasteiger partial charge in [-0.3, -0.25) is 4.79 Å². The summed E-state index contributed by atoms with van der Waals surface area (Å²) < 4.78 is 5.62. The van der Waals surface area contributed by atoms with E-state index in [1.165, 1.54) is 0 Å². The second kappa shape index (κ2) is 7.29. The van der Waals surface area contributed by atoms with Crippen LogP contribution in [0.1, 0.15) is 6.92 Å². The van der Waals surface area contributed by atoms with Gasteiger partial charge in [-0.05, 0) is 30.2 Å². The SMILES string of the molecule is C=CCNC(=O)[C@@H](C)Oc1ccc(-c2ccccc2)cc1. The summed E-state index contributed by atoms with van der Waals surface area (Å²) >= 11 is 0. The van der Waals surface area contributed by atoms with Gasteiger partial charge in [-0.15, -0.1) is 6.58 Å². The van der Waals surface area contributed by atoms with E-state index in [1.807, 2.05) is 42.5 Å². The summed E-state index contributed by atoms with van der Waals surface area (Å²) in [5, 5.41) is 2.71. The number of carbonyl (C=O) groups is 1. The van der Waals surface area contributed by atoms with Crippen LogP contribution in [0, 0.1) is 0 Å². The first kappa shape index (κ1) is 14.9. The van der Waals surface area contributed by atoms with Crippen LogP contribution in [-0.4, -0.2) is 18.6 Å². The van der Waals surface area contributed by atoms with Gasteiger partial charge in [-0.25, -0.2) is 0 Å². The molecule has 0 saturated heterocycles. The van der Waals surface area contributed by atoms with E-state index in [9.17, 15) is 4.79 Å². The van der Waals surface area contributed by atoms with E-state index >= 15 is 0 Å². The molecular weight excluding hydrogens is 262 g/mol. The Hall–Kier alpha value is -2.55. The normalized spacial score (nSPS) is 11.5. The summed E-state index contributed by atoms with van der Waals surface area (Å²) in [6, 6.07) is 17.8. The number of hydrogen-bond acceptors (Lipinski definition) is 2. The quantitative estimate of drug-likeness (QED) is 0.824. The molecular formula is C18H19NO2. The molecule has 2 aromatic carbocycles. The molecule has 2 aromatic rings. The van der Waals surface area contributed by atoms with Gasteiger partial charge in [0.2, 0.25) is 0 Å². The summed E-state index contributed by atoms with van der Waals surface area (Å²) in [5.74, 6) is 0.526. The zero-order chi connectivity index (χ0) is 15.1.